The molecular formula is C13H15ClN4O2. The Bertz CT molecular complexity index is 642. The topological polar surface area (TPSA) is 79.9 Å². The lowest BCUT2D eigenvalue weighted by Gasteiger charge is -2.13. The van der Waals surface area contributed by atoms with Gasteiger partial charge in [-0.1, -0.05) is 17.7 Å². The molecule has 0 unspecified atom stereocenters. The van der Waals surface area contributed by atoms with Crippen molar-refractivity contribution in [3.63, 3.8) is 0 Å². The molecular weight excluding hydrogens is 280 g/mol. The van der Waals surface area contributed by atoms with Gasteiger partial charge in [-0.2, -0.15) is 5.10 Å². The molecule has 0 amide bonds. The van der Waals surface area contributed by atoms with Crippen molar-refractivity contribution in [1.82, 2.24) is 15.2 Å². The van der Waals surface area contributed by atoms with Crippen LogP contribution in [0.5, 0.6) is 5.88 Å². The third-order valence-corrected chi connectivity index (χ3v) is 2.84. The van der Waals surface area contributed by atoms with E-state index in [1.54, 1.807) is 6.20 Å². The van der Waals surface area contributed by atoms with Crippen LogP contribution in [0.15, 0.2) is 29.3 Å². The standard InChI is InChI=1S/C13H15ClN4O2/c1-8(2)20-13-9(4-3-5-15-13)6-16-10-7-17-18-12(19)11(10)14/h3-5,7-8H,6H2,1-2H3,(H2,16,18,19). The fourth-order valence-electron chi connectivity index (χ4n) is 1.59. The molecule has 0 bridgehead atoms. The third-order valence-electron chi connectivity index (χ3n) is 2.46. The maximum atomic E-state index is 11.3. The molecule has 2 aromatic rings. The molecule has 0 aliphatic rings. The molecule has 0 aliphatic heterocycles. The molecule has 2 rings (SSSR count). The Kier molecular flexibility index (Phi) is 4.57. The number of hydrogen-bond donors (Lipinski definition) is 2. The van der Waals surface area contributed by atoms with E-state index in [-0.39, 0.29) is 11.1 Å². The molecule has 0 saturated heterocycles. The summed E-state index contributed by atoms with van der Waals surface area (Å²) in [6.07, 6.45) is 3.17. The number of aromatic nitrogens is 3. The van der Waals surface area contributed by atoms with Crippen molar-refractivity contribution < 1.29 is 4.74 Å². The number of halogens is 1. The second kappa shape index (κ2) is 6.38. The second-order valence-electron chi connectivity index (χ2n) is 4.41. The van der Waals surface area contributed by atoms with Gasteiger partial charge in [-0.15, -0.1) is 0 Å². The zero-order chi connectivity index (χ0) is 14.5. The number of hydrogen-bond acceptors (Lipinski definition) is 5. The first-order chi connectivity index (χ1) is 9.58. The smallest absolute Gasteiger partial charge is 0.285 e. The molecule has 106 valence electrons. The molecule has 2 N–H and O–H groups in total. The predicted molar refractivity (Wildman–Crippen MR) is 77.2 cm³/mol. The van der Waals surface area contributed by atoms with Crippen LogP contribution in [0.3, 0.4) is 0 Å². The molecule has 0 radical (unpaired) electrons. The third kappa shape index (κ3) is 3.48. The minimum atomic E-state index is -0.429. The van der Waals surface area contributed by atoms with Crippen molar-refractivity contribution in [3.8, 4) is 5.88 Å². The fraction of sp³-hybridized carbons (Fsp3) is 0.308. The first-order valence-corrected chi connectivity index (χ1v) is 6.53. The van der Waals surface area contributed by atoms with E-state index < -0.39 is 5.56 Å². The Morgan fingerprint density at radius 3 is 3.05 bits per heavy atom. The van der Waals surface area contributed by atoms with Crippen molar-refractivity contribution >= 4 is 17.3 Å². The lowest BCUT2D eigenvalue weighted by molar-refractivity contribution is 0.230. The summed E-state index contributed by atoms with van der Waals surface area (Å²) in [6.45, 7) is 4.30. The maximum absolute atomic E-state index is 11.3. The summed E-state index contributed by atoms with van der Waals surface area (Å²) in [5, 5.41) is 9.09. The van der Waals surface area contributed by atoms with Crippen molar-refractivity contribution in [3.05, 3.63) is 45.5 Å². The van der Waals surface area contributed by atoms with Gasteiger partial charge in [-0.3, -0.25) is 4.79 Å². The number of H-pyrrole nitrogens is 1. The highest BCUT2D eigenvalue weighted by molar-refractivity contribution is 6.32. The highest BCUT2D eigenvalue weighted by Crippen LogP contribution is 2.20. The van der Waals surface area contributed by atoms with Gasteiger partial charge in [-0.05, 0) is 19.9 Å². The second-order valence-corrected chi connectivity index (χ2v) is 4.79. The van der Waals surface area contributed by atoms with Gasteiger partial charge in [0.05, 0.1) is 18.0 Å². The Hall–Kier alpha value is -2.08. The first kappa shape index (κ1) is 14.3. The zero-order valence-corrected chi connectivity index (χ0v) is 11.9. The Labute approximate surface area is 121 Å². The lowest BCUT2D eigenvalue weighted by atomic mass is 10.2. The van der Waals surface area contributed by atoms with Gasteiger partial charge in [0.25, 0.3) is 5.56 Å². The molecule has 20 heavy (non-hydrogen) atoms. The molecule has 2 heterocycles. The van der Waals surface area contributed by atoms with E-state index in [9.17, 15) is 4.79 Å². The van der Waals surface area contributed by atoms with Crippen LogP contribution >= 0.6 is 11.6 Å². The quantitative estimate of drug-likeness (QED) is 0.884. The number of anilines is 1. The van der Waals surface area contributed by atoms with Crippen LogP contribution in [-0.4, -0.2) is 21.3 Å². The molecule has 2 aromatic heterocycles. The van der Waals surface area contributed by atoms with E-state index in [1.807, 2.05) is 26.0 Å². The van der Waals surface area contributed by atoms with Crippen LogP contribution in [0, 0.1) is 0 Å². The average molecular weight is 295 g/mol. The zero-order valence-electron chi connectivity index (χ0n) is 11.2. The summed E-state index contributed by atoms with van der Waals surface area (Å²) in [6, 6.07) is 3.72. The van der Waals surface area contributed by atoms with Crippen LogP contribution < -0.4 is 15.6 Å². The molecule has 0 atom stereocenters. The van der Waals surface area contributed by atoms with Crippen LogP contribution in [0.25, 0.3) is 0 Å². The number of rotatable bonds is 5. The lowest BCUT2D eigenvalue weighted by Crippen LogP contribution is -2.13. The molecule has 0 spiro atoms. The highest BCUT2D eigenvalue weighted by atomic mass is 35.5. The molecule has 0 aromatic carbocycles. The molecule has 0 saturated carbocycles. The van der Waals surface area contributed by atoms with Gasteiger partial charge in [-0.25, -0.2) is 10.1 Å². The maximum Gasteiger partial charge on any atom is 0.285 e. The van der Waals surface area contributed by atoms with Gasteiger partial charge < -0.3 is 10.1 Å². The van der Waals surface area contributed by atoms with E-state index in [4.69, 9.17) is 16.3 Å². The summed E-state index contributed by atoms with van der Waals surface area (Å²) < 4.78 is 5.62. The van der Waals surface area contributed by atoms with Crippen LogP contribution in [0.2, 0.25) is 5.02 Å². The SMILES string of the molecule is CC(C)Oc1ncccc1CNc1cn[nH]c(=O)c1Cl. The summed E-state index contributed by atoms with van der Waals surface area (Å²) in [7, 11) is 0. The number of nitrogens with one attached hydrogen (secondary N) is 2. The van der Waals surface area contributed by atoms with Crippen LogP contribution in [0.4, 0.5) is 5.69 Å². The van der Waals surface area contributed by atoms with Crippen LogP contribution in [0.1, 0.15) is 19.4 Å². The number of aromatic amines is 1. The molecule has 0 aliphatic carbocycles. The van der Waals surface area contributed by atoms with Gasteiger partial charge in [0.2, 0.25) is 5.88 Å². The van der Waals surface area contributed by atoms with E-state index in [1.165, 1.54) is 6.20 Å². The van der Waals surface area contributed by atoms with E-state index in [2.05, 4.69) is 20.5 Å². The summed E-state index contributed by atoms with van der Waals surface area (Å²) in [4.78, 5) is 15.5. The van der Waals surface area contributed by atoms with Gasteiger partial charge >= 0.3 is 0 Å². The number of pyridine rings is 1. The monoisotopic (exact) mass is 294 g/mol. The molecule has 6 nitrogen and oxygen atoms in total. The number of nitrogens with zero attached hydrogens (tertiary/aromatic N) is 2. The minimum Gasteiger partial charge on any atom is -0.475 e. The summed E-state index contributed by atoms with van der Waals surface area (Å²) >= 11 is 5.89. The molecule has 7 heteroatoms. The Morgan fingerprint density at radius 1 is 1.50 bits per heavy atom. The highest BCUT2D eigenvalue weighted by Gasteiger charge is 2.09. The van der Waals surface area contributed by atoms with Gasteiger partial charge in [0.1, 0.15) is 5.02 Å². The predicted octanol–water partition coefficient (Wildman–Crippen LogP) is 2.22. The van der Waals surface area contributed by atoms with Gasteiger partial charge in [0, 0.05) is 18.3 Å². The average Bonchev–Trinajstić information content (AvgIpc) is 2.41. The van der Waals surface area contributed by atoms with Crippen molar-refractivity contribution in [2.75, 3.05) is 5.32 Å². The Morgan fingerprint density at radius 2 is 2.30 bits per heavy atom. The normalized spacial score (nSPS) is 10.6. The summed E-state index contributed by atoms with van der Waals surface area (Å²) in [5.74, 6) is 0.559. The van der Waals surface area contributed by atoms with E-state index >= 15 is 0 Å². The fourth-order valence-corrected chi connectivity index (χ4v) is 1.74. The summed E-state index contributed by atoms with van der Waals surface area (Å²) in [5.41, 5.74) is 0.911. The first-order valence-electron chi connectivity index (χ1n) is 6.15. The van der Waals surface area contributed by atoms with Crippen LogP contribution in [-0.2, 0) is 6.54 Å². The minimum absolute atomic E-state index is 0.0356. The van der Waals surface area contributed by atoms with Crippen molar-refractivity contribution in [2.24, 2.45) is 0 Å². The van der Waals surface area contributed by atoms with Gasteiger partial charge in [0.15, 0.2) is 0 Å². The largest absolute Gasteiger partial charge is 0.475 e. The van der Waals surface area contributed by atoms with Crippen molar-refractivity contribution in [2.45, 2.75) is 26.5 Å². The Balaban J connectivity index is 2.15. The molecule has 0 fully saturated rings. The van der Waals surface area contributed by atoms with E-state index in [0.29, 0.717) is 18.1 Å². The number of ether oxygens (including phenoxy) is 1. The van der Waals surface area contributed by atoms with E-state index in [0.717, 1.165) is 5.56 Å². The van der Waals surface area contributed by atoms with Crippen molar-refractivity contribution in [1.29, 1.82) is 0 Å².